The lowest BCUT2D eigenvalue weighted by molar-refractivity contribution is -0.143. The van der Waals surface area contributed by atoms with Gasteiger partial charge in [0.25, 0.3) is 0 Å². The van der Waals surface area contributed by atoms with Crippen LogP contribution < -0.4 is 0 Å². The fourth-order valence-electron chi connectivity index (χ4n) is 0.975. The number of hydrogen-bond donors (Lipinski definition) is 0. The van der Waals surface area contributed by atoms with E-state index in [1.165, 1.54) is 6.26 Å². The standard InChI is InChI=1S/C8H9IO2/c1-6-3-5-11-8(10)7(6)2-4-9/h2-7H,1H3. The normalized spacial score (nSPS) is 30.9. The Balaban J connectivity index is 2.74. The molecule has 0 aromatic heterocycles. The third-order valence-corrected chi connectivity index (χ3v) is 2.10. The first-order valence-electron chi connectivity index (χ1n) is 3.39. The van der Waals surface area contributed by atoms with Crippen molar-refractivity contribution in [2.24, 2.45) is 11.8 Å². The van der Waals surface area contributed by atoms with Crippen LogP contribution in [0.2, 0.25) is 0 Å². The van der Waals surface area contributed by atoms with Crippen LogP contribution in [-0.4, -0.2) is 5.97 Å². The lowest BCUT2D eigenvalue weighted by Gasteiger charge is -2.18. The molecule has 0 aromatic carbocycles. The van der Waals surface area contributed by atoms with Crippen LogP contribution >= 0.6 is 22.6 Å². The average Bonchev–Trinajstić information content (AvgIpc) is 1.97. The van der Waals surface area contributed by atoms with Gasteiger partial charge in [0.05, 0.1) is 12.2 Å². The van der Waals surface area contributed by atoms with Gasteiger partial charge < -0.3 is 4.74 Å². The van der Waals surface area contributed by atoms with E-state index in [1.807, 2.05) is 23.2 Å². The second-order valence-electron chi connectivity index (χ2n) is 2.47. The topological polar surface area (TPSA) is 26.3 Å². The Kier molecular flexibility index (Phi) is 3.11. The number of rotatable bonds is 1. The van der Waals surface area contributed by atoms with E-state index in [9.17, 15) is 4.79 Å². The van der Waals surface area contributed by atoms with Crippen LogP contribution in [0, 0.1) is 11.8 Å². The Bertz CT molecular complexity index is 208. The van der Waals surface area contributed by atoms with E-state index in [1.54, 1.807) is 0 Å². The first-order valence-corrected chi connectivity index (χ1v) is 4.64. The molecule has 0 bridgehead atoms. The Morgan fingerprint density at radius 3 is 3.00 bits per heavy atom. The van der Waals surface area contributed by atoms with Crippen molar-refractivity contribution < 1.29 is 9.53 Å². The van der Waals surface area contributed by atoms with Crippen molar-refractivity contribution in [1.82, 2.24) is 0 Å². The Labute approximate surface area is 79.4 Å². The van der Waals surface area contributed by atoms with Crippen LogP contribution in [0.3, 0.4) is 0 Å². The zero-order valence-corrected chi connectivity index (χ0v) is 8.32. The Morgan fingerprint density at radius 1 is 1.73 bits per heavy atom. The molecular formula is C8H9IO2. The van der Waals surface area contributed by atoms with Crippen LogP contribution in [0.4, 0.5) is 0 Å². The monoisotopic (exact) mass is 264 g/mol. The van der Waals surface area contributed by atoms with E-state index in [2.05, 4.69) is 22.6 Å². The summed E-state index contributed by atoms with van der Waals surface area (Å²) in [6.45, 7) is 2.00. The summed E-state index contributed by atoms with van der Waals surface area (Å²) >= 11 is 2.10. The van der Waals surface area contributed by atoms with Crippen LogP contribution in [-0.2, 0) is 9.53 Å². The van der Waals surface area contributed by atoms with Gasteiger partial charge in [-0.1, -0.05) is 35.6 Å². The predicted molar refractivity (Wildman–Crippen MR) is 51.0 cm³/mol. The third-order valence-electron chi connectivity index (χ3n) is 1.69. The van der Waals surface area contributed by atoms with E-state index in [4.69, 9.17) is 4.74 Å². The summed E-state index contributed by atoms with van der Waals surface area (Å²) in [5.74, 6) is -0.00733. The second-order valence-corrected chi connectivity index (χ2v) is 3.19. The van der Waals surface area contributed by atoms with Gasteiger partial charge >= 0.3 is 5.97 Å². The van der Waals surface area contributed by atoms with Crippen molar-refractivity contribution in [2.75, 3.05) is 0 Å². The molecule has 2 nitrogen and oxygen atoms in total. The molecule has 1 rings (SSSR count). The number of halogens is 1. The van der Waals surface area contributed by atoms with Crippen LogP contribution in [0.5, 0.6) is 0 Å². The predicted octanol–water partition coefficient (Wildman–Crippen LogP) is 2.26. The van der Waals surface area contributed by atoms with E-state index in [-0.39, 0.29) is 17.8 Å². The lowest BCUT2D eigenvalue weighted by atomic mass is 9.93. The third kappa shape index (κ3) is 2.05. The molecule has 0 spiro atoms. The summed E-state index contributed by atoms with van der Waals surface area (Å²) < 4.78 is 6.59. The molecule has 1 aliphatic heterocycles. The Morgan fingerprint density at radius 2 is 2.45 bits per heavy atom. The van der Waals surface area contributed by atoms with E-state index in [0.29, 0.717) is 0 Å². The molecule has 1 heterocycles. The molecule has 2 atom stereocenters. The van der Waals surface area contributed by atoms with Crippen molar-refractivity contribution in [3.8, 4) is 0 Å². The largest absolute Gasteiger partial charge is 0.434 e. The van der Waals surface area contributed by atoms with E-state index in [0.717, 1.165) is 0 Å². The zero-order chi connectivity index (χ0) is 8.27. The second kappa shape index (κ2) is 3.90. The number of esters is 1. The molecule has 0 aliphatic carbocycles. The maximum Gasteiger partial charge on any atom is 0.318 e. The highest BCUT2D eigenvalue weighted by Gasteiger charge is 2.24. The number of hydrogen-bond acceptors (Lipinski definition) is 2. The highest BCUT2D eigenvalue weighted by Crippen LogP contribution is 2.21. The molecule has 3 heteroatoms. The lowest BCUT2D eigenvalue weighted by Crippen LogP contribution is -2.23. The summed E-state index contributed by atoms with van der Waals surface area (Å²) in [6, 6.07) is 0. The first kappa shape index (κ1) is 8.77. The summed E-state index contributed by atoms with van der Waals surface area (Å²) in [5, 5.41) is 0. The van der Waals surface area contributed by atoms with Gasteiger partial charge in [-0.15, -0.1) is 0 Å². The molecule has 0 amide bonds. The zero-order valence-electron chi connectivity index (χ0n) is 6.16. The van der Waals surface area contributed by atoms with Gasteiger partial charge in [0.1, 0.15) is 0 Å². The smallest absolute Gasteiger partial charge is 0.318 e. The van der Waals surface area contributed by atoms with Crippen molar-refractivity contribution in [2.45, 2.75) is 6.92 Å². The maximum atomic E-state index is 11.1. The molecule has 0 saturated heterocycles. The highest BCUT2D eigenvalue weighted by molar-refractivity contribution is 14.1. The fourth-order valence-corrected chi connectivity index (χ4v) is 1.42. The van der Waals surface area contributed by atoms with Crippen molar-refractivity contribution >= 4 is 28.6 Å². The van der Waals surface area contributed by atoms with Gasteiger partial charge in [0.15, 0.2) is 0 Å². The maximum absolute atomic E-state index is 11.1. The summed E-state index contributed by atoms with van der Waals surface area (Å²) in [6.07, 6.45) is 5.21. The summed E-state index contributed by atoms with van der Waals surface area (Å²) in [4.78, 5) is 11.1. The average molecular weight is 264 g/mol. The number of cyclic esters (lactones) is 1. The van der Waals surface area contributed by atoms with Gasteiger partial charge in [-0.25, -0.2) is 0 Å². The van der Waals surface area contributed by atoms with Gasteiger partial charge in [-0.3, -0.25) is 4.79 Å². The minimum absolute atomic E-state index is 0.100. The molecule has 0 radical (unpaired) electrons. The number of carbonyl (C=O) groups excluding carboxylic acids is 1. The molecule has 11 heavy (non-hydrogen) atoms. The van der Waals surface area contributed by atoms with Crippen molar-refractivity contribution in [1.29, 1.82) is 0 Å². The molecule has 0 fully saturated rings. The molecule has 1 aliphatic rings. The minimum Gasteiger partial charge on any atom is -0.434 e. The Hall–Kier alpha value is -0.320. The van der Waals surface area contributed by atoms with Gasteiger partial charge in [-0.05, 0) is 16.1 Å². The van der Waals surface area contributed by atoms with Gasteiger partial charge in [-0.2, -0.15) is 0 Å². The fraction of sp³-hybridized carbons (Fsp3) is 0.375. The van der Waals surface area contributed by atoms with Crippen molar-refractivity contribution in [3.05, 3.63) is 22.5 Å². The highest BCUT2D eigenvalue weighted by atomic mass is 127. The van der Waals surface area contributed by atoms with Crippen LogP contribution in [0.15, 0.2) is 22.5 Å². The van der Waals surface area contributed by atoms with Crippen molar-refractivity contribution in [3.63, 3.8) is 0 Å². The molecule has 0 N–H and O–H groups in total. The number of carbonyl (C=O) groups is 1. The van der Waals surface area contributed by atoms with E-state index < -0.39 is 0 Å². The number of ether oxygens (including phenoxy) is 1. The van der Waals surface area contributed by atoms with Crippen LogP contribution in [0.1, 0.15) is 6.92 Å². The SMILES string of the molecule is CC1C=COC(=O)C1C=CI. The van der Waals surface area contributed by atoms with Crippen LogP contribution in [0.25, 0.3) is 0 Å². The number of allylic oxidation sites excluding steroid dienone is 1. The molecule has 0 aromatic rings. The molecule has 0 saturated carbocycles. The molecule has 60 valence electrons. The van der Waals surface area contributed by atoms with E-state index >= 15 is 0 Å². The summed E-state index contributed by atoms with van der Waals surface area (Å²) in [5.41, 5.74) is 0. The minimum atomic E-state index is -0.159. The van der Waals surface area contributed by atoms with Gasteiger partial charge in [0.2, 0.25) is 0 Å². The quantitative estimate of drug-likeness (QED) is 0.536. The first-order chi connectivity index (χ1) is 5.25. The molecule has 2 unspecified atom stereocenters. The summed E-state index contributed by atoms with van der Waals surface area (Å²) in [7, 11) is 0. The molecular weight excluding hydrogens is 255 g/mol. The van der Waals surface area contributed by atoms with Gasteiger partial charge in [0, 0.05) is 0 Å².